The van der Waals surface area contributed by atoms with E-state index in [1.54, 1.807) is 0 Å². The monoisotopic (exact) mass is 234 g/mol. The van der Waals surface area contributed by atoms with Crippen molar-refractivity contribution in [2.75, 3.05) is 53.6 Å². The molecule has 2 fully saturated rings. The first kappa shape index (κ1) is 13.8. The van der Waals surface area contributed by atoms with Gasteiger partial charge in [0.15, 0.2) is 12.6 Å². The molecule has 0 radical (unpaired) electrons. The van der Waals surface area contributed by atoms with Crippen molar-refractivity contribution in [1.29, 1.82) is 0 Å². The van der Waals surface area contributed by atoms with Crippen LogP contribution >= 0.6 is 0 Å². The van der Waals surface area contributed by atoms with Crippen LogP contribution < -0.4 is 10.6 Å². The van der Waals surface area contributed by atoms with Gasteiger partial charge in [0.05, 0.1) is 26.4 Å². The van der Waals surface area contributed by atoms with Crippen molar-refractivity contribution < 1.29 is 18.9 Å². The Hall–Kier alpha value is -0.240. The Morgan fingerprint density at radius 1 is 0.750 bits per heavy atom. The highest BCUT2D eigenvalue weighted by Crippen LogP contribution is 2.00. The summed E-state index contributed by atoms with van der Waals surface area (Å²) in [4.78, 5) is 0. The molecule has 6 nitrogen and oxygen atoms in total. The van der Waals surface area contributed by atoms with Crippen LogP contribution in [0.3, 0.4) is 0 Å². The summed E-state index contributed by atoms with van der Waals surface area (Å²) in [5.41, 5.74) is 0. The van der Waals surface area contributed by atoms with Crippen LogP contribution in [0.25, 0.3) is 0 Å². The van der Waals surface area contributed by atoms with Crippen molar-refractivity contribution >= 4 is 0 Å². The van der Waals surface area contributed by atoms with Gasteiger partial charge in [0.25, 0.3) is 0 Å². The van der Waals surface area contributed by atoms with E-state index < -0.39 is 0 Å². The van der Waals surface area contributed by atoms with E-state index in [-0.39, 0.29) is 12.6 Å². The highest BCUT2D eigenvalue weighted by Gasteiger charge is 2.13. The summed E-state index contributed by atoms with van der Waals surface area (Å²) in [7, 11) is 3.76. The van der Waals surface area contributed by atoms with Gasteiger partial charge in [-0.05, 0) is 14.1 Å². The zero-order chi connectivity index (χ0) is 11.6. The molecule has 0 amide bonds. The number of ether oxygens (including phenoxy) is 4. The number of nitrogens with one attached hydrogen (secondary N) is 2. The average molecular weight is 234 g/mol. The maximum Gasteiger partial charge on any atom is 0.170 e. The molecular weight excluding hydrogens is 212 g/mol. The molecule has 0 aliphatic carbocycles. The van der Waals surface area contributed by atoms with Crippen LogP contribution in [-0.2, 0) is 18.9 Å². The molecule has 2 N–H and O–H groups in total. The minimum absolute atomic E-state index is 0.000000000000000222. The van der Waals surface area contributed by atoms with Crippen molar-refractivity contribution in [2.24, 2.45) is 0 Å². The van der Waals surface area contributed by atoms with Crippen LogP contribution in [-0.4, -0.2) is 66.2 Å². The predicted octanol–water partition coefficient (Wildman–Crippen LogP) is -0.843. The SMILES string of the molecule is CNCC1OCCO1.CNCC1OCCO1. The van der Waals surface area contributed by atoms with Crippen LogP contribution in [0.15, 0.2) is 0 Å². The maximum atomic E-state index is 5.11. The standard InChI is InChI=1S/2C5H11NO2/c2*1-6-4-5-7-2-3-8-5/h2*5-6H,2-4H2,1H3. The molecule has 2 heterocycles. The molecule has 2 aliphatic rings. The molecule has 0 aromatic carbocycles. The van der Waals surface area contributed by atoms with E-state index >= 15 is 0 Å². The van der Waals surface area contributed by atoms with Gasteiger partial charge in [-0.25, -0.2) is 0 Å². The topological polar surface area (TPSA) is 61.0 Å². The normalized spacial score (nSPS) is 22.1. The van der Waals surface area contributed by atoms with Crippen molar-refractivity contribution in [3.8, 4) is 0 Å². The first-order valence-electron chi connectivity index (χ1n) is 5.62. The van der Waals surface area contributed by atoms with Crippen molar-refractivity contribution in [3.05, 3.63) is 0 Å². The van der Waals surface area contributed by atoms with Gasteiger partial charge in [0, 0.05) is 13.1 Å². The third-order valence-corrected chi connectivity index (χ3v) is 2.12. The highest BCUT2D eigenvalue weighted by molar-refractivity contribution is 4.52. The number of hydrogen-bond acceptors (Lipinski definition) is 6. The first-order chi connectivity index (χ1) is 7.86. The van der Waals surface area contributed by atoms with E-state index in [0.29, 0.717) is 0 Å². The Labute approximate surface area is 96.6 Å². The lowest BCUT2D eigenvalue weighted by atomic mass is 10.6. The zero-order valence-corrected chi connectivity index (χ0v) is 10.0. The van der Waals surface area contributed by atoms with E-state index in [9.17, 15) is 0 Å². The van der Waals surface area contributed by atoms with Gasteiger partial charge in [-0.3, -0.25) is 0 Å². The largest absolute Gasteiger partial charge is 0.349 e. The Morgan fingerprint density at radius 3 is 1.31 bits per heavy atom. The summed E-state index contributed by atoms with van der Waals surface area (Å²) in [6, 6.07) is 0. The number of hydrogen-bond donors (Lipinski definition) is 2. The molecule has 0 aromatic heterocycles. The molecule has 0 saturated carbocycles. The molecule has 0 unspecified atom stereocenters. The van der Waals surface area contributed by atoms with Crippen LogP contribution in [0.2, 0.25) is 0 Å². The summed E-state index contributed by atoms with van der Waals surface area (Å²) in [6.45, 7) is 4.55. The second-order valence-electron chi connectivity index (χ2n) is 3.46. The molecule has 0 spiro atoms. The quantitative estimate of drug-likeness (QED) is 0.661. The maximum absolute atomic E-state index is 5.11. The van der Waals surface area contributed by atoms with E-state index in [1.165, 1.54) is 0 Å². The molecule has 2 saturated heterocycles. The average Bonchev–Trinajstić information content (AvgIpc) is 2.92. The molecule has 2 aliphatic heterocycles. The van der Waals surface area contributed by atoms with Gasteiger partial charge in [-0.1, -0.05) is 0 Å². The van der Waals surface area contributed by atoms with Crippen LogP contribution in [0.5, 0.6) is 0 Å². The Bertz CT molecular complexity index is 141. The summed E-state index contributed by atoms with van der Waals surface area (Å²) < 4.78 is 20.4. The highest BCUT2D eigenvalue weighted by atomic mass is 16.7. The van der Waals surface area contributed by atoms with Crippen LogP contribution in [0.1, 0.15) is 0 Å². The molecule has 0 bridgehead atoms. The fraction of sp³-hybridized carbons (Fsp3) is 1.00. The second-order valence-corrected chi connectivity index (χ2v) is 3.46. The summed E-state index contributed by atoms with van der Waals surface area (Å²) >= 11 is 0. The van der Waals surface area contributed by atoms with E-state index in [1.807, 2.05) is 14.1 Å². The van der Waals surface area contributed by atoms with Gasteiger partial charge >= 0.3 is 0 Å². The van der Waals surface area contributed by atoms with Crippen LogP contribution in [0.4, 0.5) is 0 Å². The molecule has 96 valence electrons. The fourth-order valence-corrected chi connectivity index (χ4v) is 1.38. The number of rotatable bonds is 4. The third kappa shape index (κ3) is 5.74. The van der Waals surface area contributed by atoms with Crippen molar-refractivity contribution in [2.45, 2.75) is 12.6 Å². The summed E-state index contributed by atoms with van der Waals surface area (Å²) in [6.07, 6.45) is -0.000000000000000444. The zero-order valence-electron chi connectivity index (χ0n) is 10.0. The smallest absolute Gasteiger partial charge is 0.170 e. The Kier molecular flexibility index (Phi) is 7.65. The molecule has 6 heteroatoms. The first-order valence-corrected chi connectivity index (χ1v) is 5.62. The molecule has 2 rings (SSSR count). The minimum atomic E-state index is -0.000000000000000222. The minimum Gasteiger partial charge on any atom is -0.349 e. The van der Waals surface area contributed by atoms with Crippen molar-refractivity contribution in [3.63, 3.8) is 0 Å². The third-order valence-electron chi connectivity index (χ3n) is 2.12. The van der Waals surface area contributed by atoms with Crippen LogP contribution in [0, 0.1) is 0 Å². The lowest BCUT2D eigenvalue weighted by Gasteiger charge is -2.05. The lowest BCUT2D eigenvalue weighted by Crippen LogP contribution is -2.23. The van der Waals surface area contributed by atoms with E-state index in [2.05, 4.69) is 10.6 Å². The molecule has 0 atom stereocenters. The summed E-state index contributed by atoms with van der Waals surface area (Å²) in [5, 5.41) is 5.92. The molecule has 0 aromatic rings. The molecule has 16 heavy (non-hydrogen) atoms. The molecular formula is C10H22N2O4. The predicted molar refractivity (Wildman–Crippen MR) is 59.2 cm³/mol. The van der Waals surface area contributed by atoms with Gasteiger partial charge in [0.2, 0.25) is 0 Å². The van der Waals surface area contributed by atoms with Gasteiger partial charge in [-0.15, -0.1) is 0 Å². The van der Waals surface area contributed by atoms with Gasteiger partial charge < -0.3 is 29.6 Å². The Balaban J connectivity index is 0.000000160. The van der Waals surface area contributed by atoms with E-state index in [4.69, 9.17) is 18.9 Å². The van der Waals surface area contributed by atoms with Gasteiger partial charge in [0.1, 0.15) is 0 Å². The lowest BCUT2D eigenvalue weighted by molar-refractivity contribution is -0.0380. The van der Waals surface area contributed by atoms with Gasteiger partial charge in [-0.2, -0.15) is 0 Å². The second kappa shape index (κ2) is 8.86. The summed E-state index contributed by atoms with van der Waals surface area (Å²) in [5.74, 6) is 0. The Morgan fingerprint density at radius 2 is 1.06 bits per heavy atom. The van der Waals surface area contributed by atoms with Crippen molar-refractivity contribution in [1.82, 2.24) is 10.6 Å². The number of likely N-dealkylation sites (N-methyl/N-ethyl adjacent to an activating group) is 2. The van der Waals surface area contributed by atoms with E-state index in [0.717, 1.165) is 39.5 Å². The fourth-order valence-electron chi connectivity index (χ4n) is 1.38.